The highest BCUT2D eigenvalue weighted by molar-refractivity contribution is 6.32. The Balaban J connectivity index is 2.23. The number of rotatable bonds is 10. The third kappa shape index (κ3) is 6.35. The van der Waals surface area contributed by atoms with Gasteiger partial charge in [-0.05, 0) is 29.8 Å². The maximum Gasteiger partial charge on any atom is 0.387 e. The first kappa shape index (κ1) is 24.0. The summed E-state index contributed by atoms with van der Waals surface area (Å²) in [6, 6.07) is 7.22. The van der Waals surface area contributed by atoms with Gasteiger partial charge in [-0.2, -0.15) is 8.78 Å². The average Bonchev–Trinajstić information content (AvgIpc) is 2.71. The molecule has 0 unspecified atom stereocenters. The minimum absolute atomic E-state index is 0.0504. The smallest absolute Gasteiger partial charge is 0.387 e. The van der Waals surface area contributed by atoms with Gasteiger partial charge in [0.05, 0.1) is 19.2 Å². The van der Waals surface area contributed by atoms with Crippen LogP contribution >= 0.6 is 11.6 Å². The molecule has 168 valence electrons. The molecule has 0 saturated heterocycles. The van der Waals surface area contributed by atoms with Crippen molar-refractivity contribution in [3.63, 3.8) is 0 Å². The van der Waals surface area contributed by atoms with Crippen LogP contribution in [0.3, 0.4) is 0 Å². The first-order valence-electron chi connectivity index (χ1n) is 8.82. The molecule has 2 amide bonds. The Bertz CT molecular complexity index is 958. The first-order chi connectivity index (χ1) is 14.7. The van der Waals surface area contributed by atoms with E-state index in [-0.39, 0.29) is 40.1 Å². The molecule has 0 radical (unpaired) electrons. The van der Waals surface area contributed by atoms with Gasteiger partial charge in [0.15, 0.2) is 29.6 Å². The SMILES string of the molecule is COc1ccc(CN(C)C(=O)c2cc(Cl)c(OCC(N)=O)c(OC)c2)cc1OC(F)F. The molecule has 0 aliphatic rings. The van der Waals surface area contributed by atoms with E-state index in [0.717, 1.165) is 0 Å². The summed E-state index contributed by atoms with van der Waals surface area (Å²) in [5.74, 6) is -0.909. The molecular formula is C20H21ClF2N2O6. The first-order valence-corrected chi connectivity index (χ1v) is 9.19. The lowest BCUT2D eigenvalue weighted by molar-refractivity contribution is -0.119. The van der Waals surface area contributed by atoms with Crippen molar-refractivity contribution in [2.45, 2.75) is 13.2 Å². The van der Waals surface area contributed by atoms with E-state index in [9.17, 15) is 18.4 Å². The number of nitrogens with zero attached hydrogens (tertiary/aromatic N) is 1. The number of benzene rings is 2. The molecule has 11 heteroatoms. The fourth-order valence-electron chi connectivity index (χ4n) is 2.70. The maximum atomic E-state index is 12.9. The van der Waals surface area contributed by atoms with Gasteiger partial charge in [-0.25, -0.2) is 0 Å². The van der Waals surface area contributed by atoms with Crippen LogP contribution in [-0.4, -0.2) is 51.2 Å². The number of amides is 2. The van der Waals surface area contributed by atoms with Crippen LogP contribution < -0.4 is 24.7 Å². The summed E-state index contributed by atoms with van der Waals surface area (Å²) in [7, 11) is 4.21. The van der Waals surface area contributed by atoms with E-state index in [1.807, 2.05) is 0 Å². The van der Waals surface area contributed by atoms with Gasteiger partial charge >= 0.3 is 6.61 Å². The topological polar surface area (TPSA) is 100 Å². The molecule has 2 aromatic carbocycles. The third-order valence-electron chi connectivity index (χ3n) is 4.05. The van der Waals surface area contributed by atoms with Crippen molar-refractivity contribution < 1.29 is 37.3 Å². The van der Waals surface area contributed by atoms with Crippen molar-refractivity contribution in [2.75, 3.05) is 27.9 Å². The second kappa shape index (κ2) is 10.7. The molecule has 0 aliphatic carbocycles. The summed E-state index contributed by atoms with van der Waals surface area (Å²) in [5.41, 5.74) is 5.78. The number of carbonyl (C=O) groups excluding carboxylic acids is 2. The van der Waals surface area contributed by atoms with E-state index in [2.05, 4.69) is 4.74 Å². The molecule has 0 fully saturated rings. The van der Waals surface area contributed by atoms with Gasteiger partial charge in [0.25, 0.3) is 11.8 Å². The Morgan fingerprint density at radius 3 is 2.35 bits per heavy atom. The molecule has 0 aromatic heterocycles. The quantitative estimate of drug-likeness (QED) is 0.587. The summed E-state index contributed by atoms with van der Waals surface area (Å²) in [6.45, 7) is -3.35. The minimum Gasteiger partial charge on any atom is -0.493 e. The van der Waals surface area contributed by atoms with Crippen molar-refractivity contribution in [1.82, 2.24) is 4.90 Å². The van der Waals surface area contributed by atoms with Crippen LogP contribution in [0.5, 0.6) is 23.0 Å². The van der Waals surface area contributed by atoms with Crippen LogP contribution in [0, 0.1) is 0 Å². The van der Waals surface area contributed by atoms with E-state index < -0.39 is 25.0 Å². The van der Waals surface area contributed by atoms with Gasteiger partial charge in [-0.1, -0.05) is 17.7 Å². The fraction of sp³-hybridized carbons (Fsp3) is 0.300. The molecule has 2 aromatic rings. The second-order valence-electron chi connectivity index (χ2n) is 6.27. The Morgan fingerprint density at radius 2 is 1.77 bits per heavy atom. The monoisotopic (exact) mass is 458 g/mol. The Morgan fingerprint density at radius 1 is 1.10 bits per heavy atom. The molecule has 0 bridgehead atoms. The van der Waals surface area contributed by atoms with E-state index >= 15 is 0 Å². The van der Waals surface area contributed by atoms with Gasteiger partial charge in [-0.3, -0.25) is 9.59 Å². The van der Waals surface area contributed by atoms with Crippen LogP contribution in [0.1, 0.15) is 15.9 Å². The van der Waals surface area contributed by atoms with E-state index in [1.54, 1.807) is 6.07 Å². The Labute approximate surface area is 182 Å². The van der Waals surface area contributed by atoms with Gasteiger partial charge in [0.2, 0.25) is 0 Å². The Kier molecular flexibility index (Phi) is 8.26. The molecule has 0 aliphatic heterocycles. The third-order valence-corrected chi connectivity index (χ3v) is 4.33. The summed E-state index contributed by atoms with van der Waals surface area (Å²) in [5, 5.41) is 0.0504. The molecule has 2 rings (SSSR count). The lowest BCUT2D eigenvalue weighted by Gasteiger charge is -2.20. The molecule has 0 atom stereocenters. The predicted octanol–water partition coefficient (Wildman–Crippen LogP) is 3.09. The van der Waals surface area contributed by atoms with Crippen LogP contribution in [0.15, 0.2) is 30.3 Å². The molecule has 0 spiro atoms. The number of methoxy groups -OCH3 is 2. The number of halogens is 3. The minimum atomic E-state index is -3.02. The highest BCUT2D eigenvalue weighted by Gasteiger charge is 2.20. The van der Waals surface area contributed by atoms with E-state index in [4.69, 9.17) is 31.5 Å². The van der Waals surface area contributed by atoms with E-state index in [0.29, 0.717) is 5.56 Å². The molecule has 8 nitrogen and oxygen atoms in total. The zero-order valence-corrected chi connectivity index (χ0v) is 17.7. The van der Waals surface area contributed by atoms with E-state index in [1.165, 1.54) is 50.4 Å². The van der Waals surface area contributed by atoms with Crippen molar-refractivity contribution in [3.05, 3.63) is 46.5 Å². The second-order valence-corrected chi connectivity index (χ2v) is 6.68. The van der Waals surface area contributed by atoms with Crippen LogP contribution in [0.25, 0.3) is 0 Å². The summed E-state index contributed by atoms with van der Waals surface area (Å²) in [6.07, 6.45) is 0. The zero-order valence-electron chi connectivity index (χ0n) is 17.0. The number of alkyl halides is 2. The highest BCUT2D eigenvalue weighted by Crippen LogP contribution is 2.37. The lowest BCUT2D eigenvalue weighted by atomic mass is 10.1. The average molecular weight is 459 g/mol. The van der Waals surface area contributed by atoms with Crippen molar-refractivity contribution in [1.29, 1.82) is 0 Å². The number of carbonyl (C=O) groups is 2. The van der Waals surface area contributed by atoms with Crippen molar-refractivity contribution >= 4 is 23.4 Å². The number of hydrogen-bond acceptors (Lipinski definition) is 6. The molecule has 0 saturated carbocycles. The standard InChI is InChI=1S/C20H21ClF2N2O6/c1-25(9-11-4-5-14(28-2)15(6-11)31-20(22)23)19(27)12-7-13(21)18(16(8-12)29-3)30-10-17(24)26/h4-8,20H,9-10H2,1-3H3,(H2,24,26). The highest BCUT2D eigenvalue weighted by atomic mass is 35.5. The Hall–Kier alpha value is -3.27. The van der Waals surface area contributed by atoms with Crippen LogP contribution in [0.2, 0.25) is 5.02 Å². The van der Waals surface area contributed by atoms with Gasteiger partial charge in [-0.15, -0.1) is 0 Å². The number of hydrogen-bond donors (Lipinski definition) is 1. The van der Waals surface area contributed by atoms with Crippen LogP contribution in [-0.2, 0) is 11.3 Å². The largest absolute Gasteiger partial charge is 0.493 e. The number of nitrogens with two attached hydrogens (primary N) is 1. The summed E-state index contributed by atoms with van der Waals surface area (Å²) < 4.78 is 45.1. The molecule has 31 heavy (non-hydrogen) atoms. The predicted molar refractivity (Wildman–Crippen MR) is 108 cm³/mol. The fourth-order valence-corrected chi connectivity index (χ4v) is 2.97. The maximum absolute atomic E-state index is 12.9. The van der Waals surface area contributed by atoms with Crippen LogP contribution in [0.4, 0.5) is 8.78 Å². The number of ether oxygens (including phenoxy) is 4. The summed E-state index contributed by atoms with van der Waals surface area (Å²) in [4.78, 5) is 25.1. The van der Waals surface area contributed by atoms with Gasteiger partial charge < -0.3 is 29.6 Å². The normalized spacial score (nSPS) is 10.5. The lowest BCUT2D eigenvalue weighted by Crippen LogP contribution is -2.26. The van der Waals surface area contributed by atoms with Gasteiger partial charge in [0.1, 0.15) is 0 Å². The van der Waals surface area contributed by atoms with Gasteiger partial charge in [0, 0.05) is 19.2 Å². The molecular weight excluding hydrogens is 438 g/mol. The number of primary amides is 1. The molecule has 0 heterocycles. The van der Waals surface area contributed by atoms with Crippen molar-refractivity contribution in [2.24, 2.45) is 5.73 Å². The summed E-state index contributed by atoms with van der Waals surface area (Å²) >= 11 is 6.18. The molecule has 2 N–H and O–H groups in total. The zero-order chi connectivity index (χ0) is 23.1. The van der Waals surface area contributed by atoms with Crippen molar-refractivity contribution in [3.8, 4) is 23.0 Å².